The Balaban J connectivity index is 1.43. The SMILES string of the molecule is CO[C@H]1CC(=O)O[C@@H]1[C@]1(C)CC(=O)C2=C(CC(C)C(c3c(C)cc4c(c3O)C(=O)C3=CC[C@H](OC)[C@H](O)[C@]3(C)O4)=C2O)O1. The van der Waals surface area contributed by atoms with E-state index < -0.39 is 59.1 Å². The van der Waals surface area contributed by atoms with Crippen LogP contribution in [0.4, 0.5) is 0 Å². The first-order valence-electron chi connectivity index (χ1n) is 14.4. The van der Waals surface area contributed by atoms with Crippen molar-refractivity contribution in [3.05, 3.63) is 51.5 Å². The normalized spacial score (nSPS) is 35.5. The standard InChI is InChI=1S/C32H36O11/c1-13-9-18-24(16(33)12-31(3,42-18)30-20(40-6)11-21(34)41-30)27(36)22(13)23-14(2)10-19-25(28(23)37)26(35)15-7-8-17(39-5)29(38)32(15,4)43-19/h7,10,13,17,20,29-30,36-38H,8-9,11-12H2,1-6H3/t13?,17-,20-,29-,30-,31-,32+/m0/s1. The summed E-state index contributed by atoms with van der Waals surface area (Å²) in [7, 11) is 2.94. The highest BCUT2D eigenvalue weighted by molar-refractivity contribution is 6.16. The first-order valence-corrected chi connectivity index (χ1v) is 14.4. The zero-order valence-electron chi connectivity index (χ0n) is 25.0. The molecule has 3 aliphatic heterocycles. The van der Waals surface area contributed by atoms with Crippen LogP contribution in [0.3, 0.4) is 0 Å². The number of aliphatic hydroxyl groups excluding tert-OH is 2. The minimum atomic E-state index is -1.38. The topological polar surface area (TPSA) is 158 Å². The van der Waals surface area contributed by atoms with Gasteiger partial charge in [0.1, 0.15) is 40.8 Å². The number of Topliss-reactive ketones (excluding diaryl/α,β-unsaturated/α-hetero) is 2. The van der Waals surface area contributed by atoms with Crippen molar-refractivity contribution >= 4 is 23.1 Å². The fourth-order valence-corrected chi connectivity index (χ4v) is 7.38. The number of fused-ring (bicyclic) bond motifs is 2. The van der Waals surface area contributed by atoms with Gasteiger partial charge in [-0.1, -0.05) is 13.0 Å². The van der Waals surface area contributed by atoms with Gasteiger partial charge in [-0.3, -0.25) is 14.4 Å². The van der Waals surface area contributed by atoms with Gasteiger partial charge in [0, 0.05) is 37.4 Å². The fourth-order valence-electron chi connectivity index (χ4n) is 7.38. The van der Waals surface area contributed by atoms with Crippen LogP contribution >= 0.6 is 0 Å². The Bertz CT molecular complexity index is 1550. The van der Waals surface area contributed by atoms with E-state index in [9.17, 15) is 29.7 Å². The second-order valence-electron chi connectivity index (χ2n) is 12.5. The molecule has 3 N–H and O–H groups in total. The zero-order chi connectivity index (χ0) is 31.2. The third kappa shape index (κ3) is 4.16. The summed E-state index contributed by atoms with van der Waals surface area (Å²) in [6, 6.07) is 1.60. The number of ketones is 2. The summed E-state index contributed by atoms with van der Waals surface area (Å²) in [5.41, 5.74) is -1.40. The van der Waals surface area contributed by atoms with Gasteiger partial charge in [-0.05, 0) is 44.7 Å². The molecule has 11 nitrogen and oxygen atoms in total. The van der Waals surface area contributed by atoms with Crippen molar-refractivity contribution < 1.29 is 53.4 Å². The number of ether oxygens (including phenoxy) is 5. The maximum absolute atomic E-state index is 13.8. The molecule has 0 spiro atoms. The average molecular weight is 597 g/mol. The number of phenolic OH excluding ortho intramolecular Hbond substituents is 1. The van der Waals surface area contributed by atoms with Gasteiger partial charge in [0.05, 0.1) is 24.5 Å². The number of hydrogen-bond acceptors (Lipinski definition) is 11. The molecule has 2 aliphatic carbocycles. The Morgan fingerprint density at radius 3 is 2.37 bits per heavy atom. The molecular weight excluding hydrogens is 560 g/mol. The number of phenols is 1. The van der Waals surface area contributed by atoms with Gasteiger partial charge in [0.15, 0.2) is 28.9 Å². The predicted octanol–water partition coefficient (Wildman–Crippen LogP) is 3.38. The summed E-state index contributed by atoms with van der Waals surface area (Å²) in [6.45, 7) is 6.83. The van der Waals surface area contributed by atoms with Gasteiger partial charge in [-0.2, -0.15) is 0 Å². The zero-order valence-corrected chi connectivity index (χ0v) is 25.0. The fraction of sp³-hybridized carbons (Fsp3) is 0.531. The number of aryl methyl sites for hydroxylation is 1. The lowest BCUT2D eigenvalue weighted by Gasteiger charge is -2.45. The van der Waals surface area contributed by atoms with Crippen LogP contribution in [-0.2, 0) is 28.5 Å². The summed E-state index contributed by atoms with van der Waals surface area (Å²) in [5, 5.41) is 34.2. The van der Waals surface area contributed by atoms with Gasteiger partial charge >= 0.3 is 5.97 Å². The largest absolute Gasteiger partial charge is 0.507 e. The lowest BCUT2D eigenvalue weighted by molar-refractivity contribution is -0.166. The van der Waals surface area contributed by atoms with Crippen LogP contribution < -0.4 is 4.74 Å². The maximum atomic E-state index is 13.8. The molecule has 230 valence electrons. The molecule has 3 heterocycles. The third-order valence-electron chi connectivity index (χ3n) is 9.60. The van der Waals surface area contributed by atoms with E-state index in [-0.39, 0.29) is 64.6 Å². The molecule has 0 amide bonds. The molecule has 11 heteroatoms. The average Bonchev–Trinajstić information content (AvgIpc) is 3.32. The summed E-state index contributed by atoms with van der Waals surface area (Å²) in [5.74, 6) is -2.12. The molecule has 0 bridgehead atoms. The van der Waals surface area contributed by atoms with Crippen LogP contribution in [0.1, 0.15) is 67.9 Å². The van der Waals surface area contributed by atoms with E-state index in [0.29, 0.717) is 17.6 Å². The van der Waals surface area contributed by atoms with E-state index in [2.05, 4.69) is 0 Å². The van der Waals surface area contributed by atoms with Gasteiger partial charge in [0.25, 0.3) is 0 Å². The minimum Gasteiger partial charge on any atom is -0.507 e. The summed E-state index contributed by atoms with van der Waals surface area (Å²) >= 11 is 0. The molecule has 1 aromatic carbocycles. The van der Waals surface area contributed by atoms with Crippen molar-refractivity contribution in [1.82, 2.24) is 0 Å². The van der Waals surface area contributed by atoms with Gasteiger partial charge < -0.3 is 39.0 Å². The van der Waals surface area contributed by atoms with Crippen molar-refractivity contribution in [2.45, 2.75) is 89.0 Å². The number of aromatic hydroxyl groups is 1. The monoisotopic (exact) mass is 596 g/mol. The Morgan fingerprint density at radius 1 is 1.00 bits per heavy atom. The van der Waals surface area contributed by atoms with E-state index in [1.165, 1.54) is 14.2 Å². The number of allylic oxidation sites excluding steroid dienone is 3. The second-order valence-corrected chi connectivity index (χ2v) is 12.5. The molecule has 43 heavy (non-hydrogen) atoms. The van der Waals surface area contributed by atoms with Crippen molar-refractivity contribution in [1.29, 1.82) is 0 Å². The van der Waals surface area contributed by atoms with Crippen molar-refractivity contribution in [3.63, 3.8) is 0 Å². The molecule has 1 saturated heterocycles. The molecule has 5 aliphatic rings. The highest BCUT2D eigenvalue weighted by Crippen LogP contribution is 2.53. The Morgan fingerprint density at radius 2 is 1.70 bits per heavy atom. The van der Waals surface area contributed by atoms with Crippen molar-refractivity contribution in [3.8, 4) is 11.5 Å². The van der Waals surface area contributed by atoms with Crippen LogP contribution in [0.25, 0.3) is 5.57 Å². The van der Waals surface area contributed by atoms with Crippen LogP contribution in [0.2, 0.25) is 0 Å². The summed E-state index contributed by atoms with van der Waals surface area (Å²) < 4.78 is 28.9. The summed E-state index contributed by atoms with van der Waals surface area (Å²) in [4.78, 5) is 39.4. The number of carbonyl (C=O) groups is 3. The van der Waals surface area contributed by atoms with Crippen LogP contribution in [0.15, 0.2) is 34.8 Å². The van der Waals surface area contributed by atoms with E-state index >= 15 is 0 Å². The number of cyclic esters (lactones) is 1. The smallest absolute Gasteiger partial charge is 0.309 e. The predicted molar refractivity (Wildman–Crippen MR) is 150 cm³/mol. The number of carbonyl (C=O) groups excluding carboxylic acids is 3. The highest BCUT2D eigenvalue weighted by Gasteiger charge is 2.55. The summed E-state index contributed by atoms with van der Waals surface area (Å²) in [6.07, 6.45) is -1.03. The molecule has 0 aromatic heterocycles. The van der Waals surface area contributed by atoms with E-state index in [1.807, 2.05) is 6.92 Å². The van der Waals surface area contributed by atoms with Crippen LogP contribution in [0.5, 0.6) is 11.5 Å². The van der Waals surface area contributed by atoms with Crippen molar-refractivity contribution in [2.24, 2.45) is 5.92 Å². The number of methoxy groups -OCH3 is 2. The molecule has 1 unspecified atom stereocenters. The number of hydrogen-bond donors (Lipinski definition) is 3. The number of benzene rings is 1. The molecule has 0 saturated carbocycles. The molecule has 6 rings (SSSR count). The third-order valence-corrected chi connectivity index (χ3v) is 9.60. The molecule has 1 fully saturated rings. The van der Waals surface area contributed by atoms with Crippen LogP contribution in [0, 0.1) is 12.8 Å². The Labute approximate surface area is 248 Å². The number of aliphatic hydroxyl groups is 2. The van der Waals surface area contributed by atoms with E-state index in [1.54, 1.807) is 32.9 Å². The molecule has 7 atom stereocenters. The number of esters is 1. The molecule has 0 radical (unpaired) electrons. The highest BCUT2D eigenvalue weighted by atomic mass is 16.6. The van der Waals surface area contributed by atoms with Crippen LogP contribution in [-0.4, -0.2) is 82.7 Å². The maximum Gasteiger partial charge on any atom is 0.309 e. The van der Waals surface area contributed by atoms with Gasteiger partial charge in [-0.15, -0.1) is 0 Å². The molecular formula is C32H36O11. The van der Waals surface area contributed by atoms with E-state index in [4.69, 9.17) is 23.7 Å². The minimum absolute atomic E-state index is 0.000689. The number of rotatable bonds is 4. The lowest BCUT2D eigenvalue weighted by atomic mass is 9.73. The molecule has 1 aromatic rings. The first-order chi connectivity index (χ1) is 20.3. The Hall–Kier alpha value is -3.67. The Kier molecular flexibility index (Phi) is 6.79. The van der Waals surface area contributed by atoms with Gasteiger partial charge in [-0.25, -0.2) is 0 Å². The second kappa shape index (κ2) is 9.93. The van der Waals surface area contributed by atoms with Crippen molar-refractivity contribution in [2.75, 3.05) is 14.2 Å². The van der Waals surface area contributed by atoms with E-state index in [0.717, 1.165) is 0 Å². The van der Waals surface area contributed by atoms with Gasteiger partial charge in [0.2, 0.25) is 0 Å². The first kappa shape index (κ1) is 29.4. The quantitative estimate of drug-likeness (QED) is 0.438. The lowest BCUT2D eigenvalue weighted by Crippen LogP contribution is -2.58.